The molecule has 5 heteroatoms. The highest BCUT2D eigenvalue weighted by Crippen LogP contribution is 2.30. The van der Waals surface area contributed by atoms with Crippen LogP contribution in [0.4, 0.5) is 5.69 Å². The molecule has 0 fully saturated rings. The Morgan fingerprint density at radius 3 is 2.69 bits per heavy atom. The Balaban J connectivity index is 3.27. The minimum absolute atomic E-state index is 0.0231. The predicted octanol–water partition coefficient (Wildman–Crippen LogP) is 3.24. The van der Waals surface area contributed by atoms with Crippen molar-refractivity contribution in [1.29, 1.82) is 0 Å². The van der Waals surface area contributed by atoms with E-state index in [-0.39, 0.29) is 10.9 Å². The minimum Gasteiger partial charge on any atom is -0.258 e. The quantitative estimate of drug-likeness (QED) is 0.470. The summed E-state index contributed by atoms with van der Waals surface area (Å²) < 4.78 is 0. The third kappa shape index (κ3) is 2.35. The van der Waals surface area contributed by atoms with Crippen LogP contribution in [-0.4, -0.2) is 4.92 Å². The van der Waals surface area contributed by atoms with Crippen molar-refractivity contribution < 1.29 is 4.92 Å². The lowest BCUT2D eigenvalue weighted by Gasteiger charge is -2.05. The fourth-order valence-electron chi connectivity index (χ4n) is 1.03. The molecule has 1 aromatic rings. The van der Waals surface area contributed by atoms with Crippen LogP contribution in [0, 0.1) is 10.1 Å². The topological polar surface area (TPSA) is 43.1 Å². The van der Waals surface area contributed by atoms with E-state index in [0.29, 0.717) is 10.6 Å². The van der Waals surface area contributed by atoms with Crippen LogP contribution < -0.4 is 0 Å². The highest BCUT2D eigenvalue weighted by molar-refractivity contribution is 7.80. The summed E-state index contributed by atoms with van der Waals surface area (Å²) in [6.07, 6.45) is 0. The van der Waals surface area contributed by atoms with E-state index >= 15 is 0 Å². The first-order valence-corrected chi connectivity index (χ1v) is 4.53. The normalized spacial score (nSPS) is 12.5. The third-order valence-corrected chi connectivity index (χ3v) is 2.15. The van der Waals surface area contributed by atoms with Gasteiger partial charge in [0.1, 0.15) is 0 Å². The lowest BCUT2D eigenvalue weighted by Crippen LogP contribution is -1.95. The highest BCUT2D eigenvalue weighted by atomic mass is 35.5. The van der Waals surface area contributed by atoms with Gasteiger partial charge < -0.3 is 0 Å². The summed E-state index contributed by atoms with van der Waals surface area (Å²) in [5.74, 6) is 0. The summed E-state index contributed by atoms with van der Waals surface area (Å²) in [6, 6.07) is 4.58. The van der Waals surface area contributed by atoms with Gasteiger partial charge in [-0.15, -0.1) is 0 Å². The maximum Gasteiger partial charge on any atom is 0.275 e. The maximum atomic E-state index is 10.6. The second-order valence-electron chi connectivity index (χ2n) is 2.64. The van der Waals surface area contributed by atoms with Gasteiger partial charge in [0.15, 0.2) is 0 Å². The largest absolute Gasteiger partial charge is 0.275 e. The van der Waals surface area contributed by atoms with Crippen LogP contribution >= 0.6 is 24.2 Å². The first-order valence-electron chi connectivity index (χ1n) is 3.64. The first kappa shape index (κ1) is 10.3. The summed E-state index contributed by atoms with van der Waals surface area (Å²) in [5, 5.41) is 10.8. The molecule has 0 radical (unpaired) electrons. The van der Waals surface area contributed by atoms with Gasteiger partial charge in [-0.1, -0.05) is 11.6 Å². The Kier molecular flexibility index (Phi) is 3.17. The van der Waals surface area contributed by atoms with E-state index in [0.717, 1.165) is 0 Å². The van der Waals surface area contributed by atoms with Gasteiger partial charge in [-0.05, 0) is 19.1 Å². The van der Waals surface area contributed by atoms with Crippen LogP contribution in [0.3, 0.4) is 0 Å². The molecule has 0 aliphatic rings. The molecule has 0 spiro atoms. The lowest BCUT2D eigenvalue weighted by atomic mass is 10.1. The smallest absolute Gasteiger partial charge is 0.258 e. The van der Waals surface area contributed by atoms with Gasteiger partial charge >= 0.3 is 0 Å². The van der Waals surface area contributed by atoms with Gasteiger partial charge in [0.05, 0.1) is 4.92 Å². The Bertz CT molecular complexity index is 341. The molecule has 70 valence electrons. The maximum absolute atomic E-state index is 10.6. The van der Waals surface area contributed by atoms with Crippen molar-refractivity contribution in [3.05, 3.63) is 38.9 Å². The van der Waals surface area contributed by atoms with E-state index in [9.17, 15) is 10.1 Å². The predicted molar refractivity (Wildman–Crippen MR) is 55.5 cm³/mol. The second-order valence-corrected chi connectivity index (χ2v) is 3.85. The molecule has 0 bridgehead atoms. The molecule has 0 saturated carbocycles. The van der Waals surface area contributed by atoms with Gasteiger partial charge in [0.25, 0.3) is 5.69 Å². The van der Waals surface area contributed by atoms with E-state index < -0.39 is 4.92 Å². The second kappa shape index (κ2) is 3.98. The average Bonchev–Trinajstić information content (AvgIpc) is 2.03. The number of hydrogen-bond donors (Lipinski definition) is 1. The molecule has 0 amide bonds. The molecule has 0 aromatic heterocycles. The Morgan fingerprint density at radius 1 is 1.62 bits per heavy atom. The molecule has 0 aliphatic carbocycles. The van der Waals surface area contributed by atoms with Crippen molar-refractivity contribution in [3.8, 4) is 0 Å². The van der Waals surface area contributed by atoms with E-state index in [1.807, 2.05) is 0 Å². The molecular formula is C8H8ClNO2S. The summed E-state index contributed by atoms with van der Waals surface area (Å²) in [4.78, 5) is 10.1. The number of benzene rings is 1. The summed E-state index contributed by atoms with van der Waals surface area (Å²) in [7, 11) is 0. The third-order valence-electron chi connectivity index (χ3n) is 1.64. The monoisotopic (exact) mass is 217 g/mol. The SMILES string of the molecule is C[C@@H](S)c1ccc(Cl)cc1[N+](=O)[O-]. The molecule has 0 unspecified atom stereocenters. The summed E-state index contributed by atoms with van der Waals surface area (Å²) >= 11 is 9.77. The van der Waals surface area contributed by atoms with Crippen molar-refractivity contribution in [2.24, 2.45) is 0 Å². The molecule has 3 nitrogen and oxygen atoms in total. The van der Waals surface area contributed by atoms with Crippen LogP contribution in [0.15, 0.2) is 18.2 Å². The Hall–Kier alpha value is -0.740. The molecule has 1 atom stereocenters. The molecule has 0 aliphatic heterocycles. The number of nitro groups is 1. The molecular weight excluding hydrogens is 210 g/mol. The van der Waals surface area contributed by atoms with Crippen molar-refractivity contribution in [1.82, 2.24) is 0 Å². The van der Waals surface area contributed by atoms with Gasteiger partial charge in [-0.3, -0.25) is 10.1 Å². The van der Waals surface area contributed by atoms with Crippen LogP contribution in [0.5, 0.6) is 0 Å². The number of hydrogen-bond acceptors (Lipinski definition) is 3. The average molecular weight is 218 g/mol. The number of nitro benzene ring substituents is 1. The Morgan fingerprint density at radius 2 is 2.23 bits per heavy atom. The van der Waals surface area contributed by atoms with Crippen LogP contribution in [0.2, 0.25) is 5.02 Å². The van der Waals surface area contributed by atoms with E-state index in [2.05, 4.69) is 12.6 Å². The number of nitrogens with zero attached hydrogens (tertiary/aromatic N) is 1. The van der Waals surface area contributed by atoms with Crippen LogP contribution in [0.1, 0.15) is 17.7 Å². The van der Waals surface area contributed by atoms with Crippen molar-refractivity contribution in [3.63, 3.8) is 0 Å². The standard InChI is InChI=1S/C8H8ClNO2S/c1-5(13)7-3-2-6(9)4-8(7)10(11)12/h2-5,13H,1H3/t5-/m1/s1. The lowest BCUT2D eigenvalue weighted by molar-refractivity contribution is -0.385. The zero-order valence-corrected chi connectivity index (χ0v) is 8.55. The zero-order valence-electron chi connectivity index (χ0n) is 6.90. The molecule has 0 N–H and O–H groups in total. The first-order chi connectivity index (χ1) is 6.02. The molecule has 1 aromatic carbocycles. The molecule has 0 heterocycles. The number of thiol groups is 1. The van der Waals surface area contributed by atoms with E-state index in [1.54, 1.807) is 19.1 Å². The van der Waals surface area contributed by atoms with Gasteiger partial charge in [-0.2, -0.15) is 12.6 Å². The van der Waals surface area contributed by atoms with E-state index in [1.165, 1.54) is 6.07 Å². The summed E-state index contributed by atoms with van der Waals surface area (Å²) in [5.41, 5.74) is 0.604. The summed E-state index contributed by atoms with van der Waals surface area (Å²) in [6.45, 7) is 1.78. The van der Waals surface area contributed by atoms with Gasteiger partial charge in [-0.25, -0.2) is 0 Å². The van der Waals surface area contributed by atoms with Crippen molar-refractivity contribution in [2.75, 3.05) is 0 Å². The van der Waals surface area contributed by atoms with Crippen molar-refractivity contribution in [2.45, 2.75) is 12.2 Å². The fraction of sp³-hybridized carbons (Fsp3) is 0.250. The molecule has 1 rings (SSSR count). The zero-order chi connectivity index (χ0) is 10.0. The Labute approximate surface area is 86.3 Å². The number of halogens is 1. The van der Waals surface area contributed by atoms with E-state index in [4.69, 9.17) is 11.6 Å². The minimum atomic E-state index is -0.450. The van der Waals surface area contributed by atoms with Gasteiger partial charge in [0.2, 0.25) is 0 Å². The highest BCUT2D eigenvalue weighted by Gasteiger charge is 2.16. The number of rotatable bonds is 2. The fourth-order valence-corrected chi connectivity index (χ4v) is 1.41. The van der Waals surface area contributed by atoms with Crippen molar-refractivity contribution >= 4 is 29.9 Å². The molecule has 0 saturated heterocycles. The van der Waals surface area contributed by atoms with Crippen LogP contribution in [0.25, 0.3) is 0 Å². The van der Waals surface area contributed by atoms with Crippen LogP contribution in [-0.2, 0) is 0 Å². The molecule has 13 heavy (non-hydrogen) atoms. The van der Waals surface area contributed by atoms with Gasteiger partial charge in [0, 0.05) is 21.9 Å².